The van der Waals surface area contributed by atoms with Gasteiger partial charge in [0.05, 0.1) is 12.3 Å². The van der Waals surface area contributed by atoms with Crippen molar-refractivity contribution < 1.29 is 17.6 Å². The van der Waals surface area contributed by atoms with Gasteiger partial charge in [-0.25, -0.2) is 17.6 Å². The van der Waals surface area contributed by atoms with Gasteiger partial charge in [-0.05, 0) is 42.8 Å². The van der Waals surface area contributed by atoms with Crippen LogP contribution in [0, 0.1) is 5.82 Å². The predicted octanol–water partition coefficient (Wildman–Crippen LogP) is 3.08. The second kappa shape index (κ2) is 7.31. The summed E-state index contributed by atoms with van der Waals surface area (Å²) in [4.78, 5) is 12.0. The molecule has 0 bridgehead atoms. The molecule has 0 aromatic heterocycles. The third kappa shape index (κ3) is 5.54. The summed E-state index contributed by atoms with van der Waals surface area (Å²) in [5.74, 6) is -0.444. The molecule has 2 aromatic carbocycles. The summed E-state index contributed by atoms with van der Waals surface area (Å²) < 4.78 is 38.0. The highest BCUT2D eigenvalue weighted by atomic mass is 32.2. The van der Waals surface area contributed by atoms with Gasteiger partial charge in [0, 0.05) is 11.4 Å². The molecule has 2 aromatic rings. The number of sulfonamides is 1. The Kier molecular flexibility index (Phi) is 5.40. The first-order valence-corrected chi connectivity index (χ1v) is 9.03. The van der Waals surface area contributed by atoms with Crippen molar-refractivity contribution in [2.45, 2.75) is 13.0 Å². The van der Waals surface area contributed by atoms with Crippen molar-refractivity contribution >= 4 is 27.4 Å². The van der Waals surface area contributed by atoms with Gasteiger partial charge < -0.3 is 10.6 Å². The van der Waals surface area contributed by atoms with Gasteiger partial charge >= 0.3 is 6.03 Å². The van der Waals surface area contributed by atoms with E-state index in [1.807, 2.05) is 0 Å². The standard InChI is InChI=1S/C16H18FN3O3S/c1-11(12-5-3-8-15(9-12)20-24(2,22)23)18-16(21)19-14-7-4-6-13(17)10-14/h3-11,20H,1-2H3,(H2,18,19,21)/t11-/m0/s1. The van der Waals surface area contributed by atoms with Gasteiger partial charge in [-0.3, -0.25) is 4.72 Å². The van der Waals surface area contributed by atoms with Crippen LogP contribution in [-0.2, 0) is 10.0 Å². The monoisotopic (exact) mass is 351 g/mol. The van der Waals surface area contributed by atoms with Crippen molar-refractivity contribution in [3.05, 3.63) is 59.9 Å². The van der Waals surface area contributed by atoms with Crippen LogP contribution in [0.3, 0.4) is 0 Å². The van der Waals surface area contributed by atoms with E-state index in [4.69, 9.17) is 0 Å². The van der Waals surface area contributed by atoms with Gasteiger partial charge in [-0.2, -0.15) is 0 Å². The summed E-state index contributed by atoms with van der Waals surface area (Å²) in [7, 11) is -3.37. The average Bonchev–Trinajstić information content (AvgIpc) is 2.45. The van der Waals surface area contributed by atoms with E-state index >= 15 is 0 Å². The molecule has 0 fully saturated rings. The fraction of sp³-hybridized carbons (Fsp3) is 0.188. The van der Waals surface area contributed by atoms with Crippen LogP contribution >= 0.6 is 0 Å². The minimum atomic E-state index is -3.37. The van der Waals surface area contributed by atoms with Crippen molar-refractivity contribution in [3.63, 3.8) is 0 Å². The van der Waals surface area contributed by atoms with Crippen LogP contribution < -0.4 is 15.4 Å². The summed E-state index contributed by atoms with van der Waals surface area (Å²) in [6, 6.07) is 11.4. The molecule has 1 atom stereocenters. The normalized spacial score (nSPS) is 12.3. The molecule has 0 aliphatic heterocycles. The number of rotatable bonds is 5. The van der Waals surface area contributed by atoms with E-state index in [1.54, 1.807) is 37.3 Å². The lowest BCUT2D eigenvalue weighted by molar-refractivity contribution is 0.249. The van der Waals surface area contributed by atoms with E-state index in [0.29, 0.717) is 11.4 Å². The van der Waals surface area contributed by atoms with Crippen molar-refractivity contribution in [1.82, 2.24) is 5.32 Å². The minimum Gasteiger partial charge on any atom is -0.331 e. The number of nitrogens with one attached hydrogen (secondary N) is 3. The Labute approximate surface area is 140 Å². The molecule has 128 valence electrons. The maximum Gasteiger partial charge on any atom is 0.319 e. The number of benzene rings is 2. The summed E-state index contributed by atoms with van der Waals surface area (Å²) in [5, 5.41) is 5.24. The first-order chi connectivity index (χ1) is 11.2. The van der Waals surface area contributed by atoms with Crippen LogP contribution in [0.15, 0.2) is 48.5 Å². The number of carbonyl (C=O) groups is 1. The van der Waals surface area contributed by atoms with E-state index in [9.17, 15) is 17.6 Å². The molecular weight excluding hydrogens is 333 g/mol. The van der Waals surface area contributed by atoms with Gasteiger partial charge in [-0.15, -0.1) is 0 Å². The van der Waals surface area contributed by atoms with Crippen molar-refractivity contribution in [1.29, 1.82) is 0 Å². The lowest BCUT2D eigenvalue weighted by Crippen LogP contribution is -2.31. The fourth-order valence-corrected chi connectivity index (χ4v) is 2.65. The third-order valence-electron chi connectivity index (χ3n) is 3.12. The molecule has 24 heavy (non-hydrogen) atoms. The fourth-order valence-electron chi connectivity index (χ4n) is 2.10. The zero-order valence-corrected chi connectivity index (χ0v) is 14.0. The number of anilines is 2. The molecule has 6 nitrogen and oxygen atoms in total. The maximum absolute atomic E-state index is 13.1. The number of urea groups is 1. The summed E-state index contributed by atoms with van der Waals surface area (Å²) in [6.07, 6.45) is 1.06. The third-order valence-corrected chi connectivity index (χ3v) is 3.73. The van der Waals surface area contributed by atoms with Crippen LogP contribution in [0.4, 0.5) is 20.6 Å². The Balaban J connectivity index is 2.02. The number of halogens is 1. The molecule has 0 heterocycles. The Morgan fingerprint density at radius 2 is 1.75 bits per heavy atom. The predicted molar refractivity (Wildman–Crippen MR) is 91.9 cm³/mol. The SMILES string of the molecule is C[C@H](NC(=O)Nc1cccc(F)c1)c1cccc(NS(C)(=O)=O)c1. The molecule has 0 saturated carbocycles. The van der Waals surface area contributed by atoms with Crippen LogP contribution in [-0.4, -0.2) is 20.7 Å². The van der Waals surface area contributed by atoms with Crippen LogP contribution in [0.25, 0.3) is 0 Å². The topological polar surface area (TPSA) is 87.3 Å². The zero-order chi connectivity index (χ0) is 17.7. The second-order valence-electron chi connectivity index (χ2n) is 5.33. The Morgan fingerprint density at radius 1 is 1.08 bits per heavy atom. The van der Waals surface area contributed by atoms with Gasteiger partial charge in [0.1, 0.15) is 5.82 Å². The van der Waals surface area contributed by atoms with Gasteiger partial charge in [-0.1, -0.05) is 18.2 Å². The largest absolute Gasteiger partial charge is 0.331 e. The lowest BCUT2D eigenvalue weighted by atomic mass is 10.1. The summed E-state index contributed by atoms with van der Waals surface area (Å²) >= 11 is 0. The van der Waals surface area contributed by atoms with Crippen molar-refractivity contribution in [3.8, 4) is 0 Å². The molecule has 3 N–H and O–H groups in total. The maximum atomic E-state index is 13.1. The van der Waals surface area contributed by atoms with E-state index in [0.717, 1.165) is 11.8 Å². The Bertz CT molecular complexity index is 840. The molecule has 2 rings (SSSR count). The van der Waals surface area contributed by atoms with Crippen molar-refractivity contribution in [2.24, 2.45) is 0 Å². The zero-order valence-electron chi connectivity index (χ0n) is 13.2. The van der Waals surface area contributed by atoms with Crippen LogP contribution in [0.1, 0.15) is 18.5 Å². The molecule has 0 spiro atoms. The van der Waals surface area contributed by atoms with Crippen LogP contribution in [0.2, 0.25) is 0 Å². The number of hydrogen-bond acceptors (Lipinski definition) is 3. The second-order valence-corrected chi connectivity index (χ2v) is 7.08. The molecule has 0 unspecified atom stereocenters. The minimum absolute atomic E-state index is 0.340. The number of amides is 2. The first kappa shape index (κ1) is 17.7. The Hall–Kier alpha value is -2.61. The molecule has 0 aliphatic carbocycles. The van der Waals surface area contributed by atoms with Gasteiger partial charge in [0.25, 0.3) is 0 Å². The highest BCUT2D eigenvalue weighted by Gasteiger charge is 2.11. The lowest BCUT2D eigenvalue weighted by Gasteiger charge is -2.16. The van der Waals surface area contributed by atoms with E-state index in [1.165, 1.54) is 18.2 Å². The van der Waals surface area contributed by atoms with E-state index in [-0.39, 0.29) is 6.04 Å². The molecule has 0 aliphatic rings. The number of carbonyl (C=O) groups excluding carboxylic acids is 1. The highest BCUT2D eigenvalue weighted by molar-refractivity contribution is 7.92. The first-order valence-electron chi connectivity index (χ1n) is 7.14. The van der Waals surface area contributed by atoms with E-state index in [2.05, 4.69) is 15.4 Å². The van der Waals surface area contributed by atoms with E-state index < -0.39 is 21.9 Å². The van der Waals surface area contributed by atoms with Crippen molar-refractivity contribution in [2.75, 3.05) is 16.3 Å². The Morgan fingerprint density at radius 3 is 2.42 bits per heavy atom. The van der Waals surface area contributed by atoms with Gasteiger partial charge in [0.15, 0.2) is 0 Å². The smallest absolute Gasteiger partial charge is 0.319 e. The molecular formula is C16H18FN3O3S. The molecule has 0 saturated heterocycles. The van der Waals surface area contributed by atoms with Gasteiger partial charge in [0.2, 0.25) is 10.0 Å². The van der Waals surface area contributed by atoms with Crippen LogP contribution in [0.5, 0.6) is 0 Å². The summed E-state index contributed by atoms with van der Waals surface area (Å²) in [5.41, 5.74) is 1.47. The highest BCUT2D eigenvalue weighted by Crippen LogP contribution is 2.18. The average molecular weight is 351 g/mol. The summed E-state index contributed by atoms with van der Waals surface area (Å²) in [6.45, 7) is 1.75. The number of hydrogen-bond donors (Lipinski definition) is 3. The molecule has 8 heteroatoms. The molecule has 2 amide bonds. The molecule has 0 radical (unpaired) electrons. The quantitative estimate of drug-likeness (QED) is 0.773.